The van der Waals surface area contributed by atoms with Crippen LogP contribution in [0.5, 0.6) is 0 Å². The fourth-order valence-electron chi connectivity index (χ4n) is 2.78. The lowest BCUT2D eigenvalue weighted by Gasteiger charge is -2.14. The van der Waals surface area contributed by atoms with Gasteiger partial charge < -0.3 is 4.57 Å². The second kappa shape index (κ2) is 6.06. The number of nitrogens with zero attached hydrogens (tertiary/aromatic N) is 3. The van der Waals surface area contributed by atoms with Crippen LogP contribution < -0.4 is 5.43 Å². The molecule has 3 aromatic rings. The highest BCUT2D eigenvalue weighted by molar-refractivity contribution is 7.98. The molecule has 1 fully saturated rings. The van der Waals surface area contributed by atoms with E-state index in [1.807, 2.05) is 12.5 Å². The molecule has 4 rings (SSSR count). The van der Waals surface area contributed by atoms with E-state index >= 15 is 0 Å². The summed E-state index contributed by atoms with van der Waals surface area (Å²) in [7, 11) is 0. The molecule has 1 saturated carbocycles. The fourth-order valence-corrected chi connectivity index (χ4v) is 3.72. The Labute approximate surface area is 152 Å². The predicted octanol–water partition coefficient (Wildman–Crippen LogP) is 4.82. The molecule has 1 aromatic carbocycles. The van der Waals surface area contributed by atoms with Crippen LogP contribution in [0.1, 0.15) is 18.9 Å². The third kappa shape index (κ3) is 2.61. The zero-order chi connectivity index (χ0) is 16.8. The Morgan fingerprint density at radius 3 is 2.58 bits per heavy atom. The van der Waals surface area contributed by atoms with Crippen molar-refractivity contribution in [2.45, 2.75) is 24.0 Å². The first-order valence-electron chi connectivity index (χ1n) is 7.50. The number of halogens is 2. The van der Waals surface area contributed by atoms with Crippen LogP contribution in [0.25, 0.3) is 22.2 Å². The summed E-state index contributed by atoms with van der Waals surface area (Å²) in [6.07, 6.45) is 7.51. The van der Waals surface area contributed by atoms with E-state index in [9.17, 15) is 4.79 Å². The fraction of sp³-hybridized carbons (Fsp3) is 0.235. The van der Waals surface area contributed by atoms with Gasteiger partial charge in [0.25, 0.3) is 0 Å². The van der Waals surface area contributed by atoms with Gasteiger partial charge in [0, 0.05) is 29.6 Å². The van der Waals surface area contributed by atoms with E-state index in [1.165, 1.54) is 11.8 Å². The molecule has 2 aromatic heterocycles. The van der Waals surface area contributed by atoms with Crippen LogP contribution >= 0.6 is 35.0 Å². The Bertz CT molecular complexity index is 994. The van der Waals surface area contributed by atoms with Crippen LogP contribution in [0.4, 0.5) is 0 Å². The molecule has 122 valence electrons. The monoisotopic (exact) mass is 377 g/mol. The van der Waals surface area contributed by atoms with Gasteiger partial charge in [-0.2, -0.15) is 0 Å². The van der Waals surface area contributed by atoms with Crippen molar-refractivity contribution in [3.8, 4) is 11.1 Å². The molecular weight excluding hydrogens is 365 g/mol. The zero-order valence-corrected chi connectivity index (χ0v) is 15.1. The van der Waals surface area contributed by atoms with Crippen molar-refractivity contribution < 1.29 is 0 Å². The van der Waals surface area contributed by atoms with E-state index < -0.39 is 0 Å². The Morgan fingerprint density at radius 1 is 1.25 bits per heavy atom. The SMILES string of the molecule is CSc1ncc2c(=O)c(-c3c(Cl)cccc3Cl)cn(C3CC3)c2n1. The standard InChI is InChI=1S/C17H13Cl2N3OS/c1-24-17-20-7-10-15(23)11(14-12(18)3-2-4-13(14)19)8-22(9-5-6-9)16(10)21-17/h2-4,7-9H,5-6H2,1H3. The van der Waals surface area contributed by atoms with E-state index in [0.29, 0.717) is 43.4 Å². The minimum absolute atomic E-state index is 0.149. The van der Waals surface area contributed by atoms with Gasteiger partial charge in [-0.1, -0.05) is 41.0 Å². The van der Waals surface area contributed by atoms with E-state index in [0.717, 1.165) is 12.8 Å². The van der Waals surface area contributed by atoms with E-state index in [4.69, 9.17) is 23.2 Å². The average molecular weight is 378 g/mol. The minimum Gasteiger partial charge on any atom is -0.328 e. The number of benzene rings is 1. The summed E-state index contributed by atoms with van der Waals surface area (Å²) >= 11 is 14.1. The van der Waals surface area contributed by atoms with Gasteiger partial charge in [0.15, 0.2) is 5.16 Å². The maximum atomic E-state index is 13.0. The van der Waals surface area contributed by atoms with Crippen molar-refractivity contribution in [3.05, 3.63) is 50.9 Å². The highest BCUT2D eigenvalue weighted by atomic mass is 35.5. The summed E-state index contributed by atoms with van der Waals surface area (Å²) < 4.78 is 2.06. The topological polar surface area (TPSA) is 47.8 Å². The van der Waals surface area contributed by atoms with Gasteiger partial charge in [0.2, 0.25) is 5.43 Å². The number of thioether (sulfide) groups is 1. The highest BCUT2D eigenvalue weighted by Crippen LogP contribution is 2.39. The number of hydrogen-bond donors (Lipinski definition) is 0. The number of hydrogen-bond acceptors (Lipinski definition) is 4. The first-order chi connectivity index (χ1) is 11.6. The van der Waals surface area contributed by atoms with Gasteiger partial charge in [-0.15, -0.1) is 0 Å². The van der Waals surface area contributed by atoms with Crippen molar-refractivity contribution in [2.24, 2.45) is 0 Å². The van der Waals surface area contributed by atoms with Crippen molar-refractivity contribution in [1.29, 1.82) is 0 Å². The summed E-state index contributed by atoms with van der Waals surface area (Å²) in [5.74, 6) is 0. The van der Waals surface area contributed by atoms with Crippen molar-refractivity contribution in [3.63, 3.8) is 0 Å². The Balaban J connectivity index is 2.08. The first-order valence-corrected chi connectivity index (χ1v) is 9.48. The second-order valence-corrected chi connectivity index (χ2v) is 7.29. The molecule has 0 atom stereocenters. The summed E-state index contributed by atoms with van der Waals surface area (Å²) in [5.41, 5.74) is 1.58. The molecule has 0 N–H and O–H groups in total. The summed E-state index contributed by atoms with van der Waals surface area (Å²) in [4.78, 5) is 21.8. The molecule has 0 aliphatic heterocycles. The molecule has 0 radical (unpaired) electrons. The Kier molecular flexibility index (Phi) is 4.03. The molecule has 7 heteroatoms. The number of aromatic nitrogens is 3. The summed E-state index contributed by atoms with van der Waals surface area (Å²) in [6.45, 7) is 0. The number of pyridine rings is 1. The molecule has 1 aliphatic rings. The maximum Gasteiger partial charge on any atom is 0.200 e. The third-order valence-electron chi connectivity index (χ3n) is 4.10. The van der Waals surface area contributed by atoms with Gasteiger partial charge in [-0.25, -0.2) is 9.97 Å². The van der Waals surface area contributed by atoms with E-state index in [-0.39, 0.29) is 5.43 Å². The highest BCUT2D eigenvalue weighted by Gasteiger charge is 2.27. The van der Waals surface area contributed by atoms with Crippen LogP contribution in [-0.4, -0.2) is 20.8 Å². The minimum atomic E-state index is -0.149. The smallest absolute Gasteiger partial charge is 0.200 e. The molecule has 2 heterocycles. The van der Waals surface area contributed by atoms with Gasteiger partial charge in [0.05, 0.1) is 15.4 Å². The zero-order valence-electron chi connectivity index (χ0n) is 12.8. The summed E-state index contributed by atoms with van der Waals surface area (Å²) in [6, 6.07) is 5.60. The molecule has 0 saturated heterocycles. The maximum absolute atomic E-state index is 13.0. The van der Waals surface area contributed by atoms with Crippen LogP contribution in [0.3, 0.4) is 0 Å². The first kappa shape index (κ1) is 15.9. The van der Waals surface area contributed by atoms with Crippen LogP contribution in [0.2, 0.25) is 10.0 Å². The quantitative estimate of drug-likeness (QED) is 0.484. The van der Waals surface area contributed by atoms with Gasteiger partial charge in [-0.05, 0) is 31.2 Å². The lowest BCUT2D eigenvalue weighted by atomic mass is 10.1. The average Bonchev–Trinajstić information content (AvgIpc) is 3.41. The molecule has 0 bridgehead atoms. The van der Waals surface area contributed by atoms with Crippen LogP contribution in [-0.2, 0) is 0 Å². The number of fused-ring (bicyclic) bond motifs is 1. The molecule has 1 aliphatic carbocycles. The molecule has 24 heavy (non-hydrogen) atoms. The third-order valence-corrected chi connectivity index (χ3v) is 5.30. The normalized spacial score (nSPS) is 14.3. The lowest BCUT2D eigenvalue weighted by molar-refractivity contribution is 0.748. The molecule has 4 nitrogen and oxygen atoms in total. The molecule has 0 spiro atoms. The molecule has 0 unspecified atom stereocenters. The van der Waals surface area contributed by atoms with Crippen molar-refractivity contribution >= 4 is 46.0 Å². The molecule has 0 amide bonds. The predicted molar refractivity (Wildman–Crippen MR) is 99.3 cm³/mol. The van der Waals surface area contributed by atoms with E-state index in [1.54, 1.807) is 24.4 Å². The van der Waals surface area contributed by atoms with Crippen LogP contribution in [0, 0.1) is 0 Å². The van der Waals surface area contributed by atoms with Gasteiger partial charge >= 0.3 is 0 Å². The Hall–Kier alpha value is -1.56. The lowest BCUT2D eigenvalue weighted by Crippen LogP contribution is -2.14. The van der Waals surface area contributed by atoms with Crippen molar-refractivity contribution in [2.75, 3.05) is 6.26 Å². The van der Waals surface area contributed by atoms with E-state index in [2.05, 4.69) is 14.5 Å². The van der Waals surface area contributed by atoms with Gasteiger partial charge in [0.1, 0.15) is 5.65 Å². The Morgan fingerprint density at radius 2 is 1.96 bits per heavy atom. The summed E-state index contributed by atoms with van der Waals surface area (Å²) in [5, 5.41) is 2.07. The van der Waals surface area contributed by atoms with Crippen LogP contribution in [0.15, 0.2) is 40.5 Å². The van der Waals surface area contributed by atoms with Crippen molar-refractivity contribution in [1.82, 2.24) is 14.5 Å². The molecular formula is C17H13Cl2N3OS. The number of rotatable bonds is 3. The van der Waals surface area contributed by atoms with Gasteiger partial charge in [-0.3, -0.25) is 4.79 Å². The second-order valence-electron chi connectivity index (χ2n) is 5.70. The largest absolute Gasteiger partial charge is 0.328 e.